The molecule has 3 nitrogen and oxygen atoms in total. The number of hydrogen-bond donors (Lipinski definition) is 1. The number of nitriles is 1. The quantitative estimate of drug-likeness (QED) is 0.885. The fourth-order valence-corrected chi connectivity index (χ4v) is 1.39. The van der Waals surface area contributed by atoms with Gasteiger partial charge in [-0.1, -0.05) is 6.07 Å². The van der Waals surface area contributed by atoms with Crippen LogP contribution >= 0.6 is 0 Å². The number of nitrogens with zero attached hydrogens (tertiary/aromatic N) is 1. The predicted molar refractivity (Wildman–Crippen MR) is 59.3 cm³/mol. The van der Waals surface area contributed by atoms with Crippen LogP contribution in [0.5, 0.6) is 17.2 Å². The molecule has 0 radical (unpaired) electrons. The number of phenolic OH excluding ortho intramolecular Hbond substituents is 1. The second-order valence-electron chi connectivity index (χ2n) is 3.48. The summed E-state index contributed by atoms with van der Waals surface area (Å²) < 4.78 is 31.8. The molecule has 0 saturated heterocycles. The standard InChI is InChI=1S/C13H7F2NO2/c14-11-5-9(17)6-12(15)13(11)18-10-3-1-2-8(4-10)7-16/h1-6,17H. The Labute approximate surface area is 101 Å². The van der Waals surface area contributed by atoms with E-state index in [1.807, 2.05) is 6.07 Å². The van der Waals surface area contributed by atoms with Crippen molar-refractivity contribution in [2.45, 2.75) is 0 Å². The first-order valence-electron chi connectivity index (χ1n) is 4.96. The maximum absolute atomic E-state index is 13.4. The Hall–Kier alpha value is -2.61. The summed E-state index contributed by atoms with van der Waals surface area (Å²) in [5, 5.41) is 17.7. The SMILES string of the molecule is N#Cc1cccc(Oc2c(F)cc(O)cc2F)c1. The van der Waals surface area contributed by atoms with Gasteiger partial charge >= 0.3 is 0 Å². The van der Waals surface area contributed by atoms with E-state index in [1.165, 1.54) is 24.3 Å². The molecule has 0 atom stereocenters. The molecule has 0 bridgehead atoms. The van der Waals surface area contributed by atoms with Gasteiger partial charge in [-0.15, -0.1) is 0 Å². The third-order valence-corrected chi connectivity index (χ3v) is 2.17. The van der Waals surface area contributed by atoms with Gasteiger partial charge in [-0.2, -0.15) is 5.26 Å². The van der Waals surface area contributed by atoms with Crippen LogP contribution in [0.2, 0.25) is 0 Å². The van der Waals surface area contributed by atoms with Crippen LogP contribution < -0.4 is 4.74 Å². The topological polar surface area (TPSA) is 53.2 Å². The highest BCUT2D eigenvalue weighted by molar-refractivity contribution is 5.41. The number of benzene rings is 2. The zero-order valence-electron chi connectivity index (χ0n) is 9.02. The Kier molecular flexibility index (Phi) is 3.11. The molecule has 5 heteroatoms. The molecule has 0 unspecified atom stereocenters. The summed E-state index contributed by atoms with van der Waals surface area (Å²) in [7, 11) is 0. The highest BCUT2D eigenvalue weighted by Crippen LogP contribution is 2.30. The van der Waals surface area contributed by atoms with Crippen LogP contribution in [0.25, 0.3) is 0 Å². The highest BCUT2D eigenvalue weighted by atomic mass is 19.1. The fourth-order valence-electron chi connectivity index (χ4n) is 1.39. The van der Waals surface area contributed by atoms with Crippen LogP contribution in [0.4, 0.5) is 8.78 Å². The largest absolute Gasteiger partial charge is 0.508 e. The predicted octanol–water partition coefficient (Wildman–Crippen LogP) is 3.33. The van der Waals surface area contributed by atoms with Gasteiger partial charge in [0.2, 0.25) is 0 Å². The fraction of sp³-hybridized carbons (Fsp3) is 0. The first kappa shape index (κ1) is 11.9. The third-order valence-electron chi connectivity index (χ3n) is 2.17. The van der Waals surface area contributed by atoms with E-state index in [4.69, 9.17) is 15.1 Å². The van der Waals surface area contributed by atoms with E-state index in [0.717, 1.165) is 12.1 Å². The Bertz CT molecular complexity index is 612. The van der Waals surface area contributed by atoms with Gasteiger partial charge < -0.3 is 9.84 Å². The summed E-state index contributed by atoms with van der Waals surface area (Å²) in [6.45, 7) is 0. The zero-order chi connectivity index (χ0) is 13.1. The molecule has 2 aromatic rings. The maximum atomic E-state index is 13.4. The molecular weight excluding hydrogens is 240 g/mol. The van der Waals surface area contributed by atoms with Crippen molar-refractivity contribution < 1.29 is 18.6 Å². The third kappa shape index (κ3) is 2.38. The van der Waals surface area contributed by atoms with Gasteiger partial charge in [0.15, 0.2) is 17.4 Å². The Balaban J connectivity index is 2.37. The number of ether oxygens (including phenoxy) is 1. The van der Waals surface area contributed by atoms with Crippen LogP contribution in [0.15, 0.2) is 36.4 Å². The lowest BCUT2D eigenvalue weighted by molar-refractivity contribution is 0.396. The van der Waals surface area contributed by atoms with Crippen LogP contribution in [0, 0.1) is 23.0 Å². The van der Waals surface area contributed by atoms with Crippen molar-refractivity contribution in [3.63, 3.8) is 0 Å². The van der Waals surface area contributed by atoms with Crippen molar-refractivity contribution in [2.24, 2.45) is 0 Å². The van der Waals surface area contributed by atoms with Gasteiger partial charge in [0, 0.05) is 12.1 Å². The second kappa shape index (κ2) is 4.72. The molecular formula is C13H7F2NO2. The summed E-state index contributed by atoms with van der Waals surface area (Å²) in [5.74, 6) is -3.05. The lowest BCUT2D eigenvalue weighted by atomic mass is 10.2. The molecule has 1 N–H and O–H groups in total. The van der Waals surface area contributed by atoms with Gasteiger partial charge in [0.05, 0.1) is 11.6 Å². The van der Waals surface area contributed by atoms with Crippen LogP contribution in [-0.2, 0) is 0 Å². The molecule has 0 aromatic heterocycles. The minimum absolute atomic E-state index is 0.137. The molecule has 2 aromatic carbocycles. The number of rotatable bonds is 2. The summed E-state index contributed by atoms with van der Waals surface area (Å²) >= 11 is 0. The number of aromatic hydroxyl groups is 1. The van der Waals surface area contributed by atoms with Crippen LogP contribution in [-0.4, -0.2) is 5.11 Å². The van der Waals surface area contributed by atoms with Gasteiger partial charge in [0.25, 0.3) is 0 Å². The van der Waals surface area contributed by atoms with E-state index in [0.29, 0.717) is 5.56 Å². The molecule has 18 heavy (non-hydrogen) atoms. The van der Waals surface area contributed by atoms with E-state index in [-0.39, 0.29) is 5.75 Å². The van der Waals surface area contributed by atoms with E-state index in [1.54, 1.807) is 0 Å². The number of halogens is 2. The number of hydrogen-bond acceptors (Lipinski definition) is 3. The molecule has 0 heterocycles. The van der Waals surface area contributed by atoms with Crippen LogP contribution in [0.3, 0.4) is 0 Å². The minimum Gasteiger partial charge on any atom is -0.508 e. The van der Waals surface area contributed by atoms with E-state index < -0.39 is 23.1 Å². The average Bonchev–Trinajstić information content (AvgIpc) is 2.34. The molecule has 0 saturated carbocycles. The lowest BCUT2D eigenvalue weighted by Crippen LogP contribution is -1.92. The van der Waals surface area contributed by atoms with Crippen molar-refractivity contribution in [1.29, 1.82) is 5.26 Å². The molecule has 0 spiro atoms. The first-order chi connectivity index (χ1) is 8.60. The first-order valence-corrected chi connectivity index (χ1v) is 4.96. The Morgan fingerprint density at radius 2 is 1.78 bits per heavy atom. The van der Waals surface area contributed by atoms with E-state index in [9.17, 15) is 8.78 Å². The molecule has 0 aliphatic heterocycles. The molecule has 90 valence electrons. The van der Waals surface area contributed by atoms with Gasteiger partial charge in [-0.25, -0.2) is 8.78 Å². The Morgan fingerprint density at radius 3 is 2.39 bits per heavy atom. The maximum Gasteiger partial charge on any atom is 0.198 e. The van der Waals surface area contributed by atoms with Crippen molar-refractivity contribution in [3.8, 4) is 23.3 Å². The monoisotopic (exact) mass is 247 g/mol. The Morgan fingerprint density at radius 1 is 1.11 bits per heavy atom. The van der Waals surface area contributed by atoms with Crippen LogP contribution in [0.1, 0.15) is 5.56 Å². The smallest absolute Gasteiger partial charge is 0.198 e. The summed E-state index contributed by atoms with van der Waals surface area (Å²) in [6, 6.07) is 9.26. The van der Waals surface area contributed by atoms with E-state index in [2.05, 4.69) is 0 Å². The van der Waals surface area contributed by atoms with Gasteiger partial charge in [-0.3, -0.25) is 0 Å². The average molecular weight is 247 g/mol. The normalized spacial score (nSPS) is 9.83. The summed E-state index contributed by atoms with van der Waals surface area (Å²) in [5.41, 5.74) is 0.312. The van der Waals surface area contributed by atoms with Crippen molar-refractivity contribution in [2.75, 3.05) is 0 Å². The lowest BCUT2D eigenvalue weighted by Gasteiger charge is -2.08. The molecule has 0 aliphatic carbocycles. The molecule has 0 aliphatic rings. The second-order valence-corrected chi connectivity index (χ2v) is 3.48. The van der Waals surface area contributed by atoms with Gasteiger partial charge in [-0.05, 0) is 18.2 Å². The molecule has 0 amide bonds. The number of phenols is 1. The molecule has 2 rings (SSSR count). The van der Waals surface area contributed by atoms with Crippen molar-refractivity contribution in [1.82, 2.24) is 0 Å². The van der Waals surface area contributed by atoms with Gasteiger partial charge in [0.1, 0.15) is 11.5 Å². The summed E-state index contributed by atoms with van der Waals surface area (Å²) in [6.07, 6.45) is 0. The van der Waals surface area contributed by atoms with Crippen molar-refractivity contribution in [3.05, 3.63) is 53.6 Å². The minimum atomic E-state index is -1.02. The van der Waals surface area contributed by atoms with E-state index >= 15 is 0 Å². The highest BCUT2D eigenvalue weighted by Gasteiger charge is 2.13. The van der Waals surface area contributed by atoms with Crippen molar-refractivity contribution >= 4 is 0 Å². The zero-order valence-corrected chi connectivity index (χ0v) is 9.02. The summed E-state index contributed by atoms with van der Waals surface area (Å²) in [4.78, 5) is 0. The molecule has 0 fully saturated rings.